The van der Waals surface area contributed by atoms with Crippen molar-refractivity contribution in [1.29, 1.82) is 0 Å². The molecule has 0 aliphatic rings. The molecular weight excluding hydrogens is 140 g/mol. The third-order valence-corrected chi connectivity index (χ3v) is 1.35. The van der Waals surface area contributed by atoms with Crippen LogP contribution in [0, 0.1) is 0 Å². The highest BCUT2D eigenvalue weighted by Crippen LogP contribution is 2.23. The summed E-state index contributed by atoms with van der Waals surface area (Å²) < 4.78 is 0. The molecule has 0 spiro atoms. The second-order valence-electron chi connectivity index (χ2n) is 1.55. The molecule has 1 aromatic heterocycles. The van der Waals surface area contributed by atoms with Crippen molar-refractivity contribution in [2.45, 2.75) is 0 Å². The molecule has 0 unspecified atom stereocenters. The highest BCUT2D eigenvalue weighted by atomic mass is 35.5. The third kappa shape index (κ3) is 0.929. The minimum Gasteiger partial charge on any atom is -0.383 e. The first-order chi connectivity index (χ1) is 4.25. The van der Waals surface area contributed by atoms with Gasteiger partial charge in [-0.3, -0.25) is 5.10 Å². The number of H-pyrrole nitrogens is 1. The zero-order valence-electron chi connectivity index (χ0n) is 4.90. The van der Waals surface area contributed by atoms with E-state index in [9.17, 15) is 0 Å². The molecule has 9 heavy (non-hydrogen) atoms. The molecule has 0 aromatic carbocycles. The van der Waals surface area contributed by atoms with Gasteiger partial charge in [0.05, 0.1) is 0 Å². The van der Waals surface area contributed by atoms with Crippen LogP contribution in [0.2, 0.25) is 5.02 Å². The van der Waals surface area contributed by atoms with E-state index in [0.717, 1.165) is 0 Å². The minimum atomic E-state index is 0.390. The highest BCUT2D eigenvalue weighted by Gasteiger charge is 2.03. The summed E-state index contributed by atoms with van der Waals surface area (Å²) in [5, 5.41) is 9.47. The molecule has 1 rings (SSSR count). The monoisotopic (exact) mass is 146 g/mol. The van der Waals surface area contributed by atoms with Gasteiger partial charge in [-0.1, -0.05) is 11.6 Å². The lowest BCUT2D eigenvalue weighted by Gasteiger charge is -1.89. The molecule has 1 heterocycles. The number of hydrogen-bond acceptors (Lipinski definition) is 3. The van der Waals surface area contributed by atoms with E-state index < -0.39 is 0 Å². The van der Waals surface area contributed by atoms with Gasteiger partial charge in [-0.15, -0.1) is 0 Å². The fraction of sp³-hybridized carbons (Fsp3) is 0.250. The van der Waals surface area contributed by atoms with Gasteiger partial charge < -0.3 is 11.1 Å². The number of nitrogen functional groups attached to an aromatic ring is 1. The van der Waals surface area contributed by atoms with Gasteiger partial charge in [0.25, 0.3) is 0 Å². The molecular formula is C4H7ClN4. The van der Waals surface area contributed by atoms with Gasteiger partial charge in [-0.25, -0.2) is 0 Å². The molecule has 4 N–H and O–H groups in total. The van der Waals surface area contributed by atoms with Crippen LogP contribution in [0.3, 0.4) is 0 Å². The summed E-state index contributed by atoms with van der Waals surface area (Å²) in [4.78, 5) is 0. The van der Waals surface area contributed by atoms with Gasteiger partial charge in [0, 0.05) is 7.05 Å². The van der Waals surface area contributed by atoms with Gasteiger partial charge in [0.15, 0.2) is 5.82 Å². The number of anilines is 2. The number of rotatable bonds is 1. The summed E-state index contributed by atoms with van der Waals surface area (Å²) in [6, 6.07) is 0. The molecule has 0 aliphatic heterocycles. The van der Waals surface area contributed by atoms with E-state index in [1.807, 2.05) is 0 Å². The molecule has 0 aliphatic carbocycles. The van der Waals surface area contributed by atoms with Gasteiger partial charge in [-0.2, -0.15) is 5.10 Å². The van der Waals surface area contributed by atoms with Crippen molar-refractivity contribution in [2.24, 2.45) is 0 Å². The molecule has 0 radical (unpaired) electrons. The second-order valence-corrected chi connectivity index (χ2v) is 1.93. The summed E-state index contributed by atoms with van der Waals surface area (Å²) in [7, 11) is 1.72. The van der Waals surface area contributed by atoms with E-state index in [1.165, 1.54) is 0 Å². The summed E-state index contributed by atoms with van der Waals surface area (Å²) in [5.74, 6) is 0.968. The molecule has 50 valence electrons. The Balaban J connectivity index is 3.04. The molecule has 1 aromatic rings. The van der Waals surface area contributed by atoms with Gasteiger partial charge >= 0.3 is 0 Å². The van der Waals surface area contributed by atoms with Crippen LogP contribution >= 0.6 is 11.6 Å². The van der Waals surface area contributed by atoms with Crippen molar-refractivity contribution < 1.29 is 0 Å². The van der Waals surface area contributed by atoms with Crippen LogP contribution in [0.4, 0.5) is 11.6 Å². The number of hydrogen-bond donors (Lipinski definition) is 3. The molecule has 0 amide bonds. The number of aromatic amines is 1. The standard InChI is InChI=1S/C4H7ClN4/c1-7-4-2(5)3(6)8-9-4/h1H3,(H4,6,7,8,9). The topological polar surface area (TPSA) is 66.7 Å². The normalized spacial score (nSPS) is 9.56. The Kier molecular flexibility index (Phi) is 1.48. The Hall–Kier alpha value is -0.900. The number of nitrogens with two attached hydrogens (primary N) is 1. The number of halogens is 1. The maximum absolute atomic E-state index is 5.63. The summed E-state index contributed by atoms with van der Waals surface area (Å²) in [5.41, 5.74) is 5.33. The van der Waals surface area contributed by atoms with Crippen LogP contribution < -0.4 is 11.1 Å². The number of aromatic nitrogens is 2. The minimum absolute atomic E-state index is 0.390. The molecule has 0 atom stereocenters. The largest absolute Gasteiger partial charge is 0.383 e. The average Bonchev–Trinajstić information content (AvgIpc) is 2.15. The predicted molar refractivity (Wildman–Crippen MR) is 37.6 cm³/mol. The van der Waals surface area contributed by atoms with Crippen molar-refractivity contribution in [3.05, 3.63) is 5.02 Å². The lowest BCUT2D eigenvalue weighted by molar-refractivity contribution is 1.10. The van der Waals surface area contributed by atoms with Crippen molar-refractivity contribution in [3.8, 4) is 0 Å². The molecule has 4 nitrogen and oxygen atoms in total. The Morgan fingerprint density at radius 3 is 2.67 bits per heavy atom. The molecule has 5 heteroatoms. The maximum Gasteiger partial charge on any atom is 0.168 e. The van der Waals surface area contributed by atoms with Crippen molar-refractivity contribution in [2.75, 3.05) is 18.1 Å². The van der Waals surface area contributed by atoms with Gasteiger partial charge in [-0.05, 0) is 0 Å². The molecule has 0 fully saturated rings. The van der Waals surface area contributed by atoms with Gasteiger partial charge in [0.2, 0.25) is 0 Å². The summed E-state index contributed by atoms with van der Waals surface area (Å²) in [6.45, 7) is 0. The van der Waals surface area contributed by atoms with E-state index in [2.05, 4.69) is 15.5 Å². The highest BCUT2D eigenvalue weighted by molar-refractivity contribution is 6.35. The SMILES string of the molecule is CNc1n[nH]c(N)c1Cl. The molecule has 0 saturated carbocycles. The second kappa shape index (κ2) is 2.14. The summed E-state index contributed by atoms with van der Waals surface area (Å²) in [6.07, 6.45) is 0. The Labute approximate surface area is 57.4 Å². The Bertz CT molecular complexity index is 206. The fourth-order valence-corrected chi connectivity index (χ4v) is 0.687. The molecule has 0 saturated heterocycles. The van der Waals surface area contributed by atoms with E-state index in [0.29, 0.717) is 16.7 Å². The molecule has 0 bridgehead atoms. The van der Waals surface area contributed by atoms with E-state index >= 15 is 0 Å². The predicted octanol–water partition coefficient (Wildman–Crippen LogP) is 0.687. The maximum atomic E-state index is 5.63. The lowest BCUT2D eigenvalue weighted by Crippen LogP contribution is -1.87. The quantitative estimate of drug-likeness (QED) is 0.546. The van der Waals surface area contributed by atoms with Crippen LogP contribution in [0.15, 0.2) is 0 Å². The van der Waals surface area contributed by atoms with Crippen molar-refractivity contribution in [3.63, 3.8) is 0 Å². The van der Waals surface area contributed by atoms with Crippen LogP contribution in [0.5, 0.6) is 0 Å². The van der Waals surface area contributed by atoms with Crippen LogP contribution in [0.25, 0.3) is 0 Å². The Morgan fingerprint density at radius 2 is 2.44 bits per heavy atom. The third-order valence-electron chi connectivity index (χ3n) is 0.969. The first-order valence-corrected chi connectivity index (χ1v) is 2.80. The van der Waals surface area contributed by atoms with E-state index in [1.54, 1.807) is 7.05 Å². The van der Waals surface area contributed by atoms with Crippen LogP contribution in [-0.2, 0) is 0 Å². The lowest BCUT2D eigenvalue weighted by atomic mass is 10.6. The first-order valence-electron chi connectivity index (χ1n) is 2.42. The number of nitrogens with zero attached hydrogens (tertiary/aromatic N) is 1. The van der Waals surface area contributed by atoms with E-state index in [4.69, 9.17) is 17.3 Å². The zero-order chi connectivity index (χ0) is 6.85. The summed E-state index contributed by atoms with van der Waals surface area (Å²) >= 11 is 5.63. The average molecular weight is 147 g/mol. The van der Waals surface area contributed by atoms with E-state index in [-0.39, 0.29) is 0 Å². The first kappa shape index (κ1) is 6.22. The fourth-order valence-electron chi connectivity index (χ4n) is 0.507. The smallest absolute Gasteiger partial charge is 0.168 e. The van der Waals surface area contributed by atoms with Crippen molar-refractivity contribution in [1.82, 2.24) is 10.2 Å². The van der Waals surface area contributed by atoms with Gasteiger partial charge in [0.1, 0.15) is 10.8 Å². The Morgan fingerprint density at radius 1 is 1.78 bits per heavy atom. The van der Waals surface area contributed by atoms with Crippen LogP contribution in [-0.4, -0.2) is 17.2 Å². The van der Waals surface area contributed by atoms with Crippen LogP contribution in [0.1, 0.15) is 0 Å². The zero-order valence-corrected chi connectivity index (χ0v) is 5.66. The van der Waals surface area contributed by atoms with Crippen molar-refractivity contribution >= 4 is 23.2 Å². The number of nitrogens with one attached hydrogen (secondary N) is 2.